The number of carbonyl (C=O) groups is 1. The molecule has 224 valence electrons. The maximum Gasteiger partial charge on any atom is 0.252 e. The molecular weight excluding hydrogens is 622 g/mol. The molecule has 1 aliphatic rings. The zero-order chi connectivity index (χ0) is 30.8. The molecule has 5 rings (SSSR count). The molecule has 0 saturated carbocycles. The number of aliphatic hydroxyl groups excluding tert-OH is 1. The first kappa shape index (κ1) is 30.8. The van der Waals surface area contributed by atoms with Crippen molar-refractivity contribution in [3.63, 3.8) is 0 Å². The molecule has 2 N–H and O–H groups in total. The van der Waals surface area contributed by atoms with E-state index in [9.17, 15) is 10.3 Å². The number of rotatable bonds is 13. The smallest absolute Gasteiger partial charge is 0.252 e. The Morgan fingerprint density at radius 1 is 1.02 bits per heavy atom. The van der Waals surface area contributed by atoms with Crippen LogP contribution in [0.15, 0.2) is 118 Å². The van der Waals surface area contributed by atoms with Crippen molar-refractivity contribution in [2.45, 2.75) is 30.9 Å². The molecular formula is C34H32BrN5O4. The number of benzene rings is 4. The van der Waals surface area contributed by atoms with Gasteiger partial charge in [-0.2, -0.15) is 0 Å². The van der Waals surface area contributed by atoms with Gasteiger partial charge in [-0.25, -0.2) is 4.99 Å². The van der Waals surface area contributed by atoms with Crippen LogP contribution in [0.3, 0.4) is 0 Å². The minimum atomic E-state index is -1.41. The summed E-state index contributed by atoms with van der Waals surface area (Å²) in [6.07, 6.45) is 0.548. The molecule has 4 aromatic rings. The third kappa shape index (κ3) is 7.29. The molecule has 1 amide bonds. The van der Waals surface area contributed by atoms with Crippen LogP contribution in [-0.2, 0) is 22.4 Å². The molecule has 0 bridgehead atoms. The molecule has 4 aromatic carbocycles. The summed E-state index contributed by atoms with van der Waals surface area (Å²) in [4.78, 5) is 22.5. The van der Waals surface area contributed by atoms with E-state index >= 15 is 0 Å². The molecule has 0 fully saturated rings. The van der Waals surface area contributed by atoms with Gasteiger partial charge < -0.3 is 19.9 Å². The first-order valence-corrected chi connectivity index (χ1v) is 15.1. The molecule has 9 nitrogen and oxygen atoms in total. The van der Waals surface area contributed by atoms with E-state index in [0.717, 1.165) is 15.6 Å². The van der Waals surface area contributed by atoms with Gasteiger partial charge in [0.05, 0.1) is 6.61 Å². The predicted octanol–water partition coefficient (Wildman–Crippen LogP) is 7.01. The maximum atomic E-state index is 14.4. The van der Waals surface area contributed by atoms with E-state index < -0.39 is 11.6 Å². The van der Waals surface area contributed by atoms with Gasteiger partial charge >= 0.3 is 0 Å². The Kier molecular flexibility index (Phi) is 10.3. The lowest BCUT2D eigenvalue weighted by Gasteiger charge is -2.31. The molecule has 0 spiro atoms. The summed E-state index contributed by atoms with van der Waals surface area (Å²) in [5, 5.41) is 16.1. The number of aliphatic hydroxyl groups is 1. The van der Waals surface area contributed by atoms with Crippen molar-refractivity contribution in [1.29, 1.82) is 0 Å². The van der Waals surface area contributed by atoms with Crippen molar-refractivity contribution in [3.05, 3.63) is 140 Å². The Labute approximate surface area is 264 Å². The molecule has 2 atom stereocenters. The second kappa shape index (κ2) is 14.7. The number of hydrogen-bond acceptors (Lipinski definition) is 6. The first-order valence-electron chi connectivity index (χ1n) is 14.3. The van der Waals surface area contributed by atoms with Crippen LogP contribution in [0.1, 0.15) is 34.8 Å². The Morgan fingerprint density at radius 3 is 2.48 bits per heavy atom. The van der Waals surface area contributed by atoms with Crippen molar-refractivity contribution < 1.29 is 19.4 Å². The molecule has 0 saturated heterocycles. The van der Waals surface area contributed by atoms with Gasteiger partial charge in [0, 0.05) is 46.6 Å². The van der Waals surface area contributed by atoms with Gasteiger partial charge in [0.2, 0.25) is 5.90 Å². The van der Waals surface area contributed by atoms with Gasteiger partial charge in [-0.3, -0.25) is 4.79 Å². The number of hydrogen-bond donors (Lipinski definition) is 2. The van der Waals surface area contributed by atoms with E-state index in [2.05, 4.69) is 31.3 Å². The van der Waals surface area contributed by atoms with Crippen LogP contribution in [0.5, 0.6) is 5.75 Å². The summed E-state index contributed by atoms with van der Waals surface area (Å²) < 4.78 is 13.2. The van der Waals surface area contributed by atoms with Crippen molar-refractivity contribution in [2.24, 2.45) is 10.1 Å². The van der Waals surface area contributed by atoms with E-state index in [1.165, 1.54) is 0 Å². The number of aliphatic imine (C=N–C) groups is 1. The van der Waals surface area contributed by atoms with Crippen molar-refractivity contribution in [1.82, 2.24) is 5.32 Å². The highest BCUT2D eigenvalue weighted by atomic mass is 79.9. The summed E-state index contributed by atoms with van der Waals surface area (Å²) in [6, 6.07) is 32.0. The van der Waals surface area contributed by atoms with E-state index in [-0.39, 0.29) is 18.9 Å². The molecule has 0 aromatic heterocycles. The number of nitrogens with one attached hydrogen (secondary N) is 1. The molecule has 44 heavy (non-hydrogen) atoms. The van der Waals surface area contributed by atoms with E-state index in [1.807, 2.05) is 91.0 Å². The normalized spacial score (nSPS) is 17.2. The summed E-state index contributed by atoms with van der Waals surface area (Å²) in [5.41, 5.74) is 11.5. The second-order valence-electron chi connectivity index (χ2n) is 10.3. The van der Waals surface area contributed by atoms with Gasteiger partial charge in [-0.15, -0.1) is 0 Å². The lowest BCUT2D eigenvalue weighted by Crippen LogP contribution is -2.50. The minimum absolute atomic E-state index is 0.0552. The highest BCUT2D eigenvalue weighted by molar-refractivity contribution is 9.10. The fraction of sp³-hybridized carbons (Fsp3) is 0.235. The molecule has 0 radical (unpaired) electrons. The lowest BCUT2D eigenvalue weighted by atomic mass is 9.81. The lowest BCUT2D eigenvalue weighted by molar-refractivity contribution is -0.128. The molecule has 1 heterocycles. The average molecular weight is 655 g/mol. The number of ether oxygens (including phenoxy) is 2. The standard InChI is InChI=1S/C34H32BrN5O4/c35-28-15-11-24(12-16-28)19-20-37-33(42)34(23-27-9-4-5-10-30(27)39-40-36)31(25-7-2-1-3-8-25)44-32(38-34)26-13-17-29(18-14-26)43-22-6-21-41/h1-5,7-18,31,41H,6,19-23H2,(H,37,42)/t31-,34-/m1/s1. The second-order valence-corrected chi connectivity index (χ2v) is 11.2. The van der Waals surface area contributed by atoms with Crippen LogP contribution in [-0.4, -0.2) is 42.2 Å². The van der Waals surface area contributed by atoms with E-state index in [0.29, 0.717) is 54.5 Å². The summed E-state index contributed by atoms with van der Waals surface area (Å²) in [5.74, 6) is 0.684. The molecule has 1 aliphatic heterocycles. The number of halogens is 1. The Balaban J connectivity index is 1.53. The fourth-order valence-electron chi connectivity index (χ4n) is 5.13. The molecule has 10 heteroatoms. The van der Waals surface area contributed by atoms with E-state index in [1.54, 1.807) is 12.1 Å². The number of nitrogens with zero attached hydrogens (tertiary/aromatic N) is 4. The fourth-order valence-corrected chi connectivity index (χ4v) is 5.40. The third-order valence-electron chi connectivity index (χ3n) is 7.35. The van der Waals surface area contributed by atoms with Crippen LogP contribution in [0, 0.1) is 0 Å². The number of amides is 1. The molecule has 0 unspecified atom stereocenters. The monoisotopic (exact) mass is 653 g/mol. The van der Waals surface area contributed by atoms with Crippen LogP contribution in [0.2, 0.25) is 0 Å². The Morgan fingerprint density at radius 2 is 1.75 bits per heavy atom. The van der Waals surface area contributed by atoms with Gasteiger partial charge in [0.1, 0.15) is 5.75 Å². The SMILES string of the molecule is [N-]=[N+]=Nc1ccccc1C[C@@]1(C(=O)NCCc2ccc(Br)cc2)N=C(c2ccc(OCCCO)cc2)O[C@@H]1c1ccccc1. The van der Waals surface area contributed by atoms with Crippen LogP contribution in [0.4, 0.5) is 5.69 Å². The highest BCUT2D eigenvalue weighted by Gasteiger charge is 2.53. The van der Waals surface area contributed by atoms with E-state index in [4.69, 9.17) is 19.6 Å². The van der Waals surface area contributed by atoms with Gasteiger partial charge in [-0.1, -0.05) is 87.8 Å². The van der Waals surface area contributed by atoms with Crippen molar-refractivity contribution in [3.8, 4) is 5.75 Å². The summed E-state index contributed by atoms with van der Waals surface area (Å²) >= 11 is 3.46. The number of carbonyl (C=O) groups excluding carboxylic acids is 1. The van der Waals surface area contributed by atoms with Gasteiger partial charge in [0.25, 0.3) is 5.91 Å². The van der Waals surface area contributed by atoms with Crippen LogP contribution >= 0.6 is 15.9 Å². The molecule has 0 aliphatic carbocycles. The zero-order valence-electron chi connectivity index (χ0n) is 24.0. The van der Waals surface area contributed by atoms with Gasteiger partial charge in [-0.05, 0) is 65.0 Å². The highest BCUT2D eigenvalue weighted by Crippen LogP contribution is 2.43. The van der Waals surface area contributed by atoms with Gasteiger partial charge in [0.15, 0.2) is 11.6 Å². The summed E-state index contributed by atoms with van der Waals surface area (Å²) in [6.45, 7) is 0.851. The summed E-state index contributed by atoms with van der Waals surface area (Å²) in [7, 11) is 0. The predicted molar refractivity (Wildman–Crippen MR) is 173 cm³/mol. The van der Waals surface area contributed by atoms with Crippen molar-refractivity contribution >= 4 is 33.4 Å². The Hall–Kier alpha value is -4.63. The minimum Gasteiger partial charge on any atom is -0.494 e. The van der Waals surface area contributed by atoms with Crippen LogP contribution < -0.4 is 10.1 Å². The number of azide groups is 1. The quantitative estimate of drug-likeness (QED) is 0.0696. The van der Waals surface area contributed by atoms with Crippen LogP contribution in [0.25, 0.3) is 10.4 Å². The third-order valence-corrected chi connectivity index (χ3v) is 7.88. The first-order chi connectivity index (χ1) is 21.5. The zero-order valence-corrected chi connectivity index (χ0v) is 25.6. The largest absolute Gasteiger partial charge is 0.494 e. The van der Waals surface area contributed by atoms with Crippen molar-refractivity contribution in [2.75, 3.05) is 19.8 Å². The Bertz CT molecular complexity index is 1640. The topological polar surface area (TPSA) is 129 Å². The average Bonchev–Trinajstić information content (AvgIpc) is 3.44. The maximum absolute atomic E-state index is 14.4.